The van der Waals surface area contributed by atoms with Gasteiger partial charge in [0.05, 0.1) is 22.1 Å². The molecule has 1 unspecified atom stereocenters. The van der Waals surface area contributed by atoms with Crippen molar-refractivity contribution >= 4 is 57.5 Å². The maximum absolute atomic E-state index is 6.23. The van der Waals surface area contributed by atoms with Gasteiger partial charge in [-0.2, -0.15) is 9.97 Å². The van der Waals surface area contributed by atoms with Crippen molar-refractivity contribution in [1.29, 1.82) is 0 Å². The number of fused-ring (bicyclic) bond motifs is 1. The van der Waals surface area contributed by atoms with Gasteiger partial charge in [-0.3, -0.25) is 4.57 Å². The lowest BCUT2D eigenvalue weighted by molar-refractivity contribution is 0.0593. The van der Waals surface area contributed by atoms with Gasteiger partial charge < -0.3 is 10.1 Å². The van der Waals surface area contributed by atoms with Crippen LogP contribution in [-0.4, -0.2) is 26.1 Å². The van der Waals surface area contributed by atoms with Gasteiger partial charge in [0.25, 0.3) is 0 Å². The van der Waals surface area contributed by atoms with Gasteiger partial charge in [-0.1, -0.05) is 29.3 Å². The quantitative estimate of drug-likeness (QED) is 0.655. The highest BCUT2D eigenvalue weighted by Crippen LogP contribution is 2.34. The van der Waals surface area contributed by atoms with Gasteiger partial charge in [0, 0.05) is 6.61 Å². The molecule has 3 aromatic rings. The summed E-state index contributed by atoms with van der Waals surface area (Å²) in [4.78, 5) is 12.9. The summed E-state index contributed by atoms with van der Waals surface area (Å²) in [6.45, 7) is 0.729. The summed E-state index contributed by atoms with van der Waals surface area (Å²) in [6.07, 6.45) is 3.53. The van der Waals surface area contributed by atoms with E-state index < -0.39 is 0 Å². The molecule has 0 amide bonds. The average molecular weight is 385 g/mol. The minimum Gasteiger partial charge on any atom is -0.358 e. The number of benzene rings is 1. The standard InChI is InChI=1S/C15H12Cl3N5O/c16-8-3-1-4-9(11(8)17)20-13-12-14(22-15(18)21-13)23(7-19-12)10-5-2-6-24-10/h1,3-4,7,10H,2,5-6H2,(H,20,21,22). The molecule has 3 heterocycles. The average Bonchev–Trinajstić information content (AvgIpc) is 3.20. The molecular formula is C15H12Cl3N5O. The van der Waals surface area contributed by atoms with Crippen LogP contribution in [-0.2, 0) is 4.74 Å². The van der Waals surface area contributed by atoms with Crippen molar-refractivity contribution in [2.24, 2.45) is 0 Å². The lowest BCUT2D eigenvalue weighted by atomic mass is 10.3. The van der Waals surface area contributed by atoms with Crippen LogP contribution in [0.2, 0.25) is 15.3 Å². The summed E-state index contributed by atoms with van der Waals surface area (Å²) in [6, 6.07) is 5.30. The summed E-state index contributed by atoms with van der Waals surface area (Å²) < 4.78 is 7.57. The van der Waals surface area contributed by atoms with Crippen LogP contribution in [0.15, 0.2) is 24.5 Å². The number of nitrogens with zero attached hydrogens (tertiary/aromatic N) is 4. The highest BCUT2D eigenvalue weighted by atomic mass is 35.5. The second-order valence-electron chi connectivity index (χ2n) is 5.36. The van der Waals surface area contributed by atoms with Crippen LogP contribution < -0.4 is 5.32 Å². The van der Waals surface area contributed by atoms with E-state index >= 15 is 0 Å². The normalized spacial score (nSPS) is 17.5. The fraction of sp³-hybridized carbons (Fsp3) is 0.267. The van der Waals surface area contributed by atoms with Crippen molar-refractivity contribution in [1.82, 2.24) is 19.5 Å². The Balaban J connectivity index is 1.79. The van der Waals surface area contributed by atoms with Crippen molar-refractivity contribution in [3.63, 3.8) is 0 Å². The lowest BCUT2D eigenvalue weighted by Gasteiger charge is -2.12. The van der Waals surface area contributed by atoms with E-state index in [4.69, 9.17) is 39.5 Å². The number of aromatic nitrogens is 4. The number of halogens is 3. The van der Waals surface area contributed by atoms with Crippen LogP contribution in [0.5, 0.6) is 0 Å². The maximum atomic E-state index is 6.23. The van der Waals surface area contributed by atoms with Gasteiger partial charge in [-0.25, -0.2) is 4.98 Å². The molecule has 1 fully saturated rings. The van der Waals surface area contributed by atoms with Crippen LogP contribution in [0.3, 0.4) is 0 Å². The molecule has 0 aliphatic carbocycles. The van der Waals surface area contributed by atoms with Gasteiger partial charge in [0.15, 0.2) is 17.0 Å². The van der Waals surface area contributed by atoms with Crippen LogP contribution in [0.4, 0.5) is 11.5 Å². The largest absolute Gasteiger partial charge is 0.358 e. The first-order valence-corrected chi connectivity index (χ1v) is 8.49. The monoisotopic (exact) mass is 383 g/mol. The molecule has 124 valence electrons. The smallest absolute Gasteiger partial charge is 0.226 e. The predicted molar refractivity (Wildman–Crippen MR) is 94.3 cm³/mol. The van der Waals surface area contributed by atoms with E-state index in [9.17, 15) is 0 Å². The molecule has 2 aromatic heterocycles. The van der Waals surface area contributed by atoms with E-state index in [1.54, 1.807) is 24.5 Å². The molecule has 1 atom stereocenters. The van der Waals surface area contributed by atoms with Crippen LogP contribution in [0.1, 0.15) is 19.1 Å². The molecule has 1 aliphatic heterocycles. The van der Waals surface area contributed by atoms with Crippen LogP contribution in [0.25, 0.3) is 11.2 Å². The second-order valence-corrected chi connectivity index (χ2v) is 6.48. The van der Waals surface area contributed by atoms with E-state index in [1.807, 2.05) is 4.57 Å². The number of imidazole rings is 1. The van der Waals surface area contributed by atoms with Crippen LogP contribution >= 0.6 is 34.8 Å². The molecule has 24 heavy (non-hydrogen) atoms. The van der Waals surface area contributed by atoms with E-state index in [0.29, 0.717) is 32.7 Å². The van der Waals surface area contributed by atoms with Crippen molar-refractivity contribution < 1.29 is 4.74 Å². The zero-order valence-corrected chi connectivity index (χ0v) is 14.6. The highest BCUT2D eigenvalue weighted by molar-refractivity contribution is 6.43. The summed E-state index contributed by atoms with van der Waals surface area (Å²) in [5, 5.41) is 4.10. The predicted octanol–water partition coefficient (Wildman–Crippen LogP) is 4.84. The fourth-order valence-corrected chi connectivity index (χ4v) is 3.21. The molecule has 1 N–H and O–H groups in total. The topological polar surface area (TPSA) is 64.9 Å². The molecule has 0 radical (unpaired) electrons. The Labute approximate surface area is 152 Å². The van der Waals surface area contributed by atoms with Crippen molar-refractivity contribution in [2.75, 3.05) is 11.9 Å². The van der Waals surface area contributed by atoms with E-state index in [2.05, 4.69) is 20.3 Å². The molecule has 6 nitrogen and oxygen atoms in total. The number of anilines is 2. The number of nitrogens with one attached hydrogen (secondary N) is 1. The molecule has 4 rings (SSSR count). The third kappa shape index (κ3) is 2.80. The summed E-state index contributed by atoms with van der Waals surface area (Å²) in [5.41, 5.74) is 1.82. The minimum atomic E-state index is -0.0800. The van der Waals surface area contributed by atoms with Crippen molar-refractivity contribution in [3.05, 3.63) is 39.9 Å². The zero-order valence-electron chi connectivity index (χ0n) is 12.3. The summed E-state index contributed by atoms with van der Waals surface area (Å²) >= 11 is 18.4. The molecule has 0 bridgehead atoms. The Morgan fingerprint density at radius 1 is 1.21 bits per heavy atom. The number of hydrogen-bond donors (Lipinski definition) is 1. The number of ether oxygens (including phenoxy) is 1. The summed E-state index contributed by atoms with van der Waals surface area (Å²) in [7, 11) is 0. The number of rotatable bonds is 3. The molecule has 9 heteroatoms. The molecule has 0 saturated carbocycles. The van der Waals surface area contributed by atoms with Crippen molar-refractivity contribution in [3.8, 4) is 0 Å². The zero-order chi connectivity index (χ0) is 16.7. The van der Waals surface area contributed by atoms with E-state index in [-0.39, 0.29) is 11.5 Å². The Morgan fingerprint density at radius 2 is 2.08 bits per heavy atom. The third-order valence-electron chi connectivity index (χ3n) is 3.81. The molecule has 1 saturated heterocycles. The Hall–Kier alpha value is -1.60. The molecule has 1 aromatic carbocycles. The fourth-order valence-electron chi connectivity index (χ4n) is 2.70. The Morgan fingerprint density at radius 3 is 2.88 bits per heavy atom. The van der Waals surface area contributed by atoms with Gasteiger partial charge in [0.2, 0.25) is 5.28 Å². The first-order chi connectivity index (χ1) is 11.6. The minimum absolute atomic E-state index is 0.0800. The van der Waals surface area contributed by atoms with E-state index in [0.717, 1.165) is 19.4 Å². The van der Waals surface area contributed by atoms with E-state index in [1.165, 1.54) is 0 Å². The Kier molecular flexibility index (Phi) is 4.22. The van der Waals surface area contributed by atoms with Gasteiger partial charge >= 0.3 is 0 Å². The maximum Gasteiger partial charge on any atom is 0.226 e. The van der Waals surface area contributed by atoms with Gasteiger partial charge in [0.1, 0.15) is 6.23 Å². The second kappa shape index (κ2) is 6.37. The highest BCUT2D eigenvalue weighted by Gasteiger charge is 2.22. The van der Waals surface area contributed by atoms with Crippen LogP contribution in [0, 0.1) is 0 Å². The van der Waals surface area contributed by atoms with Gasteiger partial charge in [-0.15, -0.1) is 0 Å². The van der Waals surface area contributed by atoms with Gasteiger partial charge in [-0.05, 0) is 36.6 Å². The Bertz CT molecular complexity index is 908. The SMILES string of the molecule is Clc1nc(Nc2cccc(Cl)c2Cl)c2ncn(C3CCCO3)c2n1. The lowest BCUT2D eigenvalue weighted by Crippen LogP contribution is -2.07. The molecule has 1 aliphatic rings. The third-order valence-corrected chi connectivity index (χ3v) is 4.80. The first-order valence-electron chi connectivity index (χ1n) is 7.36. The molecule has 0 spiro atoms. The van der Waals surface area contributed by atoms with Crippen molar-refractivity contribution in [2.45, 2.75) is 19.1 Å². The molecular weight excluding hydrogens is 373 g/mol. The summed E-state index contributed by atoms with van der Waals surface area (Å²) in [5.74, 6) is 0.464. The first kappa shape index (κ1) is 15.9. The number of hydrogen-bond acceptors (Lipinski definition) is 5.